The second-order valence-electron chi connectivity index (χ2n) is 4.91. The van der Waals surface area contributed by atoms with E-state index in [1.807, 2.05) is 13.8 Å². The van der Waals surface area contributed by atoms with Crippen molar-refractivity contribution in [1.29, 1.82) is 0 Å². The van der Waals surface area contributed by atoms with Gasteiger partial charge in [-0.25, -0.2) is 4.98 Å². The van der Waals surface area contributed by atoms with Gasteiger partial charge < -0.3 is 5.32 Å². The summed E-state index contributed by atoms with van der Waals surface area (Å²) in [6.45, 7) is 3.72. The van der Waals surface area contributed by atoms with Gasteiger partial charge in [0, 0.05) is 6.04 Å². The third-order valence-electron chi connectivity index (χ3n) is 3.27. The number of nitrogens with zero attached hydrogens (tertiary/aromatic N) is 2. The van der Waals surface area contributed by atoms with Crippen LogP contribution in [0.5, 0.6) is 0 Å². The number of amides is 1. The summed E-state index contributed by atoms with van der Waals surface area (Å²) in [5.41, 5.74) is -0.640. The zero-order chi connectivity index (χ0) is 11.6. The van der Waals surface area contributed by atoms with Gasteiger partial charge in [-0.3, -0.25) is 9.89 Å². The van der Waals surface area contributed by atoms with Crippen LogP contribution >= 0.6 is 0 Å². The summed E-state index contributed by atoms with van der Waals surface area (Å²) < 4.78 is 0. The third-order valence-corrected chi connectivity index (χ3v) is 3.27. The van der Waals surface area contributed by atoms with Crippen LogP contribution in [-0.4, -0.2) is 27.1 Å². The number of carbonyl (C=O) groups is 1. The number of aromatic nitrogens is 3. The molecule has 0 bridgehead atoms. The number of hydrogen-bond acceptors (Lipinski definition) is 3. The molecule has 16 heavy (non-hydrogen) atoms. The molecule has 5 heteroatoms. The highest BCUT2D eigenvalue weighted by Crippen LogP contribution is 2.22. The Morgan fingerprint density at radius 2 is 2.19 bits per heavy atom. The van der Waals surface area contributed by atoms with Gasteiger partial charge in [0.15, 0.2) is 0 Å². The number of rotatable bonds is 3. The summed E-state index contributed by atoms with van der Waals surface area (Å²) in [4.78, 5) is 16.2. The Bertz CT molecular complexity index is 352. The summed E-state index contributed by atoms with van der Waals surface area (Å²) in [6.07, 6.45) is 6.05. The lowest BCUT2D eigenvalue weighted by Gasteiger charge is -2.23. The fourth-order valence-electron chi connectivity index (χ4n) is 2.05. The molecule has 0 saturated heterocycles. The first-order chi connectivity index (χ1) is 7.60. The molecular weight excluding hydrogens is 204 g/mol. The molecule has 1 aliphatic rings. The highest BCUT2D eigenvalue weighted by molar-refractivity contribution is 5.86. The first-order valence-electron chi connectivity index (χ1n) is 5.77. The van der Waals surface area contributed by atoms with Gasteiger partial charge in [0.2, 0.25) is 5.91 Å². The van der Waals surface area contributed by atoms with Crippen LogP contribution in [0.3, 0.4) is 0 Å². The Kier molecular flexibility index (Phi) is 2.94. The van der Waals surface area contributed by atoms with E-state index in [0.717, 1.165) is 12.8 Å². The SMILES string of the molecule is CC(C)(C(=O)NC1CCCC1)c1ncn[nH]1. The van der Waals surface area contributed by atoms with Crippen LogP contribution in [0.2, 0.25) is 0 Å². The van der Waals surface area contributed by atoms with Crippen molar-refractivity contribution < 1.29 is 4.79 Å². The molecule has 0 aliphatic heterocycles. The summed E-state index contributed by atoms with van der Waals surface area (Å²) >= 11 is 0. The maximum absolute atomic E-state index is 12.1. The second kappa shape index (κ2) is 4.23. The summed E-state index contributed by atoms with van der Waals surface area (Å²) in [5.74, 6) is 0.638. The van der Waals surface area contributed by atoms with Gasteiger partial charge in [0.25, 0.3) is 0 Å². The van der Waals surface area contributed by atoms with Crippen molar-refractivity contribution in [2.45, 2.75) is 51.0 Å². The number of aromatic amines is 1. The number of hydrogen-bond donors (Lipinski definition) is 2. The van der Waals surface area contributed by atoms with E-state index >= 15 is 0 Å². The highest BCUT2D eigenvalue weighted by Gasteiger charge is 2.34. The first kappa shape index (κ1) is 11.1. The van der Waals surface area contributed by atoms with Gasteiger partial charge in [0.05, 0.1) is 0 Å². The molecule has 2 N–H and O–H groups in total. The van der Waals surface area contributed by atoms with Gasteiger partial charge >= 0.3 is 0 Å². The van der Waals surface area contributed by atoms with E-state index in [9.17, 15) is 4.79 Å². The molecule has 0 aromatic carbocycles. The molecule has 1 saturated carbocycles. The molecule has 0 atom stereocenters. The Morgan fingerprint density at radius 1 is 1.50 bits per heavy atom. The van der Waals surface area contributed by atoms with Gasteiger partial charge in [-0.15, -0.1) is 0 Å². The minimum atomic E-state index is -0.640. The predicted octanol–water partition coefficient (Wildman–Crippen LogP) is 1.14. The molecule has 1 aliphatic carbocycles. The zero-order valence-electron chi connectivity index (χ0n) is 9.79. The second-order valence-corrected chi connectivity index (χ2v) is 4.91. The molecular formula is C11H18N4O. The first-order valence-corrected chi connectivity index (χ1v) is 5.77. The maximum atomic E-state index is 12.1. The molecule has 1 aromatic rings. The van der Waals surface area contributed by atoms with Crippen LogP contribution in [0.4, 0.5) is 0 Å². The monoisotopic (exact) mass is 222 g/mol. The molecule has 88 valence electrons. The Labute approximate surface area is 95.0 Å². The fourth-order valence-corrected chi connectivity index (χ4v) is 2.05. The topological polar surface area (TPSA) is 70.7 Å². The number of carbonyl (C=O) groups excluding carboxylic acids is 1. The molecule has 0 spiro atoms. The van der Waals surface area contributed by atoms with Gasteiger partial charge in [0.1, 0.15) is 17.6 Å². The van der Waals surface area contributed by atoms with E-state index in [0.29, 0.717) is 11.9 Å². The Hall–Kier alpha value is -1.39. The van der Waals surface area contributed by atoms with Gasteiger partial charge in [-0.2, -0.15) is 5.10 Å². The van der Waals surface area contributed by atoms with E-state index in [4.69, 9.17) is 0 Å². The van der Waals surface area contributed by atoms with Gasteiger partial charge in [-0.1, -0.05) is 12.8 Å². The quantitative estimate of drug-likeness (QED) is 0.805. The normalized spacial score (nSPS) is 17.6. The van der Waals surface area contributed by atoms with E-state index in [2.05, 4.69) is 20.5 Å². The molecule has 0 radical (unpaired) electrons. The van der Waals surface area contributed by atoms with Crippen molar-refractivity contribution in [2.75, 3.05) is 0 Å². The van der Waals surface area contributed by atoms with Crippen molar-refractivity contribution in [2.24, 2.45) is 0 Å². The molecule has 5 nitrogen and oxygen atoms in total. The fraction of sp³-hybridized carbons (Fsp3) is 0.727. The van der Waals surface area contributed by atoms with E-state index in [1.165, 1.54) is 19.2 Å². The lowest BCUT2D eigenvalue weighted by Crippen LogP contribution is -2.44. The summed E-state index contributed by atoms with van der Waals surface area (Å²) in [5, 5.41) is 9.63. The minimum absolute atomic E-state index is 0.0242. The molecule has 1 amide bonds. The van der Waals surface area contributed by atoms with Crippen LogP contribution < -0.4 is 5.32 Å². The lowest BCUT2D eigenvalue weighted by atomic mass is 9.91. The largest absolute Gasteiger partial charge is 0.353 e. The average molecular weight is 222 g/mol. The molecule has 0 unspecified atom stereocenters. The highest BCUT2D eigenvalue weighted by atomic mass is 16.2. The Morgan fingerprint density at radius 3 is 2.75 bits per heavy atom. The van der Waals surface area contributed by atoms with Crippen molar-refractivity contribution in [3.05, 3.63) is 12.2 Å². The molecule has 1 fully saturated rings. The third kappa shape index (κ3) is 2.08. The molecule has 2 rings (SSSR count). The number of H-pyrrole nitrogens is 1. The van der Waals surface area contributed by atoms with Crippen LogP contribution in [0.25, 0.3) is 0 Å². The van der Waals surface area contributed by atoms with E-state index in [1.54, 1.807) is 0 Å². The Balaban J connectivity index is 2.02. The van der Waals surface area contributed by atoms with Gasteiger partial charge in [-0.05, 0) is 26.7 Å². The molecule has 1 heterocycles. The zero-order valence-corrected chi connectivity index (χ0v) is 9.79. The van der Waals surface area contributed by atoms with Crippen LogP contribution in [0.15, 0.2) is 6.33 Å². The van der Waals surface area contributed by atoms with Crippen LogP contribution in [0, 0.1) is 0 Å². The minimum Gasteiger partial charge on any atom is -0.353 e. The molecule has 1 aromatic heterocycles. The average Bonchev–Trinajstić information content (AvgIpc) is 2.89. The summed E-state index contributed by atoms with van der Waals surface area (Å²) in [6, 6.07) is 0.342. The predicted molar refractivity (Wildman–Crippen MR) is 59.8 cm³/mol. The lowest BCUT2D eigenvalue weighted by molar-refractivity contribution is -0.126. The van der Waals surface area contributed by atoms with Crippen molar-refractivity contribution in [1.82, 2.24) is 20.5 Å². The summed E-state index contributed by atoms with van der Waals surface area (Å²) in [7, 11) is 0. The number of nitrogens with one attached hydrogen (secondary N) is 2. The van der Waals surface area contributed by atoms with Crippen molar-refractivity contribution >= 4 is 5.91 Å². The van der Waals surface area contributed by atoms with Crippen molar-refractivity contribution in [3.63, 3.8) is 0 Å². The smallest absolute Gasteiger partial charge is 0.233 e. The van der Waals surface area contributed by atoms with E-state index in [-0.39, 0.29) is 5.91 Å². The maximum Gasteiger partial charge on any atom is 0.233 e. The van der Waals surface area contributed by atoms with Crippen molar-refractivity contribution in [3.8, 4) is 0 Å². The van der Waals surface area contributed by atoms with Crippen LogP contribution in [0.1, 0.15) is 45.4 Å². The van der Waals surface area contributed by atoms with E-state index < -0.39 is 5.41 Å². The van der Waals surface area contributed by atoms with Crippen LogP contribution in [-0.2, 0) is 10.2 Å². The standard InChI is InChI=1S/C11H18N4O/c1-11(2,9-12-7-13-15-9)10(16)14-8-5-3-4-6-8/h7-8H,3-6H2,1-2H3,(H,14,16)(H,12,13,15).